The molecule has 2 aliphatic rings. The number of carbonyl (C=O) groups excluding carboxylic acids is 2. The highest BCUT2D eigenvalue weighted by Crippen LogP contribution is 2.45. The van der Waals surface area contributed by atoms with Crippen LogP contribution in [0.15, 0.2) is 66.2 Å². The molecule has 0 saturated carbocycles. The molecule has 1 aliphatic carbocycles. The number of fused-ring (bicyclic) bond motifs is 1. The molecular weight excluding hydrogens is 348 g/mol. The predicted molar refractivity (Wildman–Crippen MR) is 112 cm³/mol. The topological polar surface area (TPSA) is 49.4 Å². The molecule has 2 aromatic rings. The van der Waals surface area contributed by atoms with E-state index in [1.807, 2.05) is 24.3 Å². The maximum atomic E-state index is 12.1. The van der Waals surface area contributed by atoms with E-state index in [2.05, 4.69) is 46.6 Å². The van der Waals surface area contributed by atoms with E-state index in [4.69, 9.17) is 0 Å². The SMILES string of the molecule is CC(=O)Nc1ccc(N2CCC3=CC(=O)CCC3(Cc3ccccc3)C2)cc1. The first-order chi connectivity index (χ1) is 13.5. The normalized spacial score (nSPS) is 21.7. The third-order valence-electron chi connectivity index (χ3n) is 5.95. The Bertz CT molecular complexity index is 902. The van der Waals surface area contributed by atoms with Gasteiger partial charge in [-0.05, 0) is 55.2 Å². The Morgan fingerprint density at radius 1 is 1.07 bits per heavy atom. The summed E-state index contributed by atoms with van der Waals surface area (Å²) >= 11 is 0. The predicted octanol–water partition coefficient (Wildman–Crippen LogP) is 4.37. The molecule has 0 aromatic heterocycles. The number of benzene rings is 2. The number of ketones is 1. The Kier molecular flexibility index (Phi) is 5.03. The summed E-state index contributed by atoms with van der Waals surface area (Å²) in [7, 11) is 0. The molecule has 1 amide bonds. The summed E-state index contributed by atoms with van der Waals surface area (Å²) in [6.07, 6.45) is 5.35. The van der Waals surface area contributed by atoms with Gasteiger partial charge >= 0.3 is 0 Å². The molecule has 1 aliphatic heterocycles. The summed E-state index contributed by atoms with van der Waals surface area (Å²) in [5.41, 5.74) is 4.64. The fourth-order valence-corrected chi connectivity index (χ4v) is 4.58. The fraction of sp³-hybridized carbons (Fsp3) is 0.333. The molecule has 144 valence electrons. The molecule has 2 aromatic carbocycles. The van der Waals surface area contributed by atoms with Gasteiger partial charge in [-0.3, -0.25) is 9.59 Å². The van der Waals surface area contributed by atoms with E-state index in [-0.39, 0.29) is 17.1 Å². The van der Waals surface area contributed by atoms with Gasteiger partial charge in [-0.1, -0.05) is 35.9 Å². The first-order valence-electron chi connectivity index (χ1n) is 9.95. The van der Waals surface area contributed by atoms with Crippen LogP contribution in [-0.2, 0) is 16.0 Å². The van der Waals surface area contributed by atoms with Crippen LogP contribution in [0.2, 0.25) is 0 Å². The number of piperidine rings is 1. The largest absolute Gasteiger partial charge is 0.370 e. The maximum Gasteiger partial charge on any atom is 0.221 e. The molecule has 1 atom stereocenters. The summed E-state index contributed by atoms with van der Waals surface area (Å²) in [5.74, 6) is 0.209. The van der Waals surface area contributed by atoms with Crippen molar-refractivity contribution in [3.05, 3.63) is 71.8 Å². The molecule has 1 heterocycles. The highest BCUT2D eigenvalue weighted by Gasteiger charge is 2.42. The van der Waals surface area contributed by atoms with Crippen LogP contribution < -0.4 is 10.2 Å². The van der Waals surface area contributed by atoms with Gasteiger partial charge in [0.15, 0.2) is 5.78 Å². The standard InChI is InChI=1S/C24H26N2O2/c1-18(27)25-21-7-9-22(10-8-21)26-14-12-20-15-23(28)11-13-24(20,17-26)16-19-5-3-2-4-6-19/h2-10,15H,11-14,16-17H2,1H3,(H,25,27). The van der Waals surface area contributed by atoms with Crippen molar-refractivity contribution >= 4 is 23.1 Å². The van der Waals surface area contributed by atoms with Crippen LogP contribution in [-0.4, -0.2) is 24.8 Å². The van der Waals surface area contributed by atoms with Crippen molar-refractivity contribution in [2.75, 3.05) is 23.3 Å². The number of carbonyl (C=O) groups is 2. The lowest BCUT2D eigenvalue weighted by Gasteiger charge is -2.47. The maximum absolute atomic E-state index is 12.1. The molecule has 4 rings (SSSR count). The number of rotatable bonds is 4. The molecule has 1 unspecified atom stereocenters. The lowest BCUT2D eigenvalue weighted by Crippen LogP contribution is -2.48. The molecule has 1 saturated heterocycles. The van der Waals surface area contributed by atoms with Gasteiger partial charge in [-0.15, -0.1) is 0 Å². The van der Waals surface area contributed by atoms with Crippen LogP contribution in [0.25, 0.3) is 0 Å². The fourth-order valence-electron chi connectivity index (χ4n) is 4.58. The average molecular weight is 374 g/mol. The minimum atomic E-state index is -0.0609. The summed E-state index contributed by atoms with van der Waals surface area (Å²) in [4.78, 5) is 25.7. The molecule has 4 heteroatoms. The molecule has 0 radical (unpaired) electrons. The minimum absolute atomic E-state index is 0.0177. The highest BCUT2D eigenvalue weighted by molar-refractivity contribution is 5.92. The Labute approximate surface area is 166 Å². The van der Waals surface area contributed by atoms with Crippen molar-refractivity contribution in [1.82, 2.24) is 0 Å². The quantitative estimate of drug-likeness (QED) is 0.864. The van der Waals surface area contributed by atoms with Crippen LogP contribution in [0.1, 0.15) is 31.7 Å². The Balaban J connectivity index is 1.60. The monoisotopic (exact) mass is 374 g/mol. The second-order valence-corrected chi connectivity index (χ2v) is 7.98. The van der Waals surface area contributed by atoms with Crippen molar-refractivity contribution < 1.29 is 9.59 Å². The van der Waals surface area contributed by atoms with E-state index in [1.54, 1.807) is 0 Å². The van der Waals surface area contributed by atoms with Gasteiger partial charge in [0.1, 0.15) is 0 Å². The van der Waals surface area contributed by atoms with Crippen molar-refractivity contribution in [1.29, 1.82) is 0 Å². The van der Waals surface area contributed by atoms with E-state index in [0.29, 0.717) is 6.42 Å². The van der Waals surface area contributed by atoms with Crippen molar-refractivity contribution in [2.24, 2.45) is 5.41 Å². The molecule has 0 spiro atoms. The molecule has 1 fully saturated rings. The number of hydrogen-bond donors (Lipinski definition) is 1. The van der Waals surface area contributed by atoms with Crippen molar-refractivity contribution in [3.8, 4) is 0 Å². The van der Waals surface area contributed by atoms with E-state index < -0.39 is 0 Å². The van der Waals surface area contributed by atoms with Gasteiger partial charge in [0.25, 0.3) is 0 Å². The number of hydrogen-bond acceptors (Lipinski definition) is 3. The van der Waals surface area contributed by atoms with Gasteiger partial charge < -0.3 is 10.2 Å². The second kappa shape index (κ2) is 7.63. The van der Waals surface area contributed by atoms with E-state index in [0.717, 1.165) is 43.7 Å². The lowest BCUT2D eigenvalue weighted by molar-refractivity contribution is -0.116. The minimum Gasteiger partial charge on any atom is -0.370 e. The summed E-state index contributed by atoms with van der Waals surface area (Å²) in [6, 6.07) is 18.6. The van der Waals surface area contributed by atoms with Crippen molar-refractivity contribution in [2.45, 2.75) is 32.6 Å². The van der Waals surface area contributed by atoms with E-state index >= 15 is 0 Å². The van der Waals surface area contributed by atoms with Crippen LogP contribution in [0.5, 0.6) is 0 Å². The van der Waals surface area contributed by atoms with Gasteiger partial charge in [-0.2, -0.15) is 0 Å². The average Bonchev–Trinajstić information content (AvgIpc) is 2.69. The Morgan fingerprint density at radius 3 is 2.54 bits per heavy atom. The molecular formula is C24H26N2O2. The zero-order valence-corrected chi connectivity index (χ0v) is 16.3. The molecule has 28 heavy (non-hydrogen) atoms. The van der Waals surface area contributed by atoms with Crippen LogP contribution in [0.4, 0.5) is 11.4 Å². The van der Waals surface area contributed by atoms with Crippen LogP contribution in [0, 0.1) is 5.41 Å². The summed E-state index contributed by atoms with van der Waals surface area (Å²) in [6.45, 7) is 3.35. The van der Waals surface area contributed by atoms with Gasteiger partial charge in [0, 0.05) is 43.2 Å². The Morgan fingerprint density at radius 2 is 1.82 bits per heavy atom. The third-order valence-corrected chi connectivity index (χ3v) is 5.95. The highest BCUT2D eigenvalue weighted by atomic mass is 16.1. The molecule has 0 bridgehead atoms. The van der Waals surface area contributed by atoms with E-state index in [9.17, 15) is 9.59 Å². The number of allylic oxidation sites excluding steroid dienone is 1. The van der Waals surface area contributed by atoms with Gasteiger partial charge in [-0.25, -0.2) is 0 Å². The lowest BCUT2D eigenvalue weighted by atomic mass is 9.65. The number of amides is 1. The Hall–Kier alpha value is -2.88. The summed E-state index contributed by atoms with van der Waals surface area (Å²) < 4.78 is 0. The van der Waals surface area contributed by atoms with E-state index in [1.165, 1.54) is 18.1 Å². The summed E-state index contributed by atoms with van der Waals surface area (Å²) in [5, 5.41) is 2.82. The van der Waals surface area contributed by atoms with Crippen LogP contribution >= 0.6 is 0 Å². The number of nitrogens with one attached hydrogen (secondary N) is 1. The smallest absolute Gasteiger partial charge is 0.221 e. The first kappa shape index (κ1) is 18.5. The first-order valence-corrected chi connectivity index (χ1v) is 9.95. The number of nitrogens with zero attached hydrogens (tertiary/aromatic N) is 1. The zero-order valence-electron chi connectivity index (χ0n) is 16.3. The van der Waals surface area contributed by atoms with Gasteiger partial charge in [0.05, 0.1) is 0 Å². The zero-order chi connectivity index (χ0) is 19.6. The molecule has 4 nitrogen and oxygen atoms in total. The third kappa shape index (κ3) is 3.86. The van der Waals surface area contributed by atoms with Crippen molar-refractivity contribution in [3.63, 3.8) is 0 Å². The van der Waals surface area contributed by atoms with Crippen LogP contribution in [0.3, 0.4) is 0 Å². The number of anilines is 2. The second-order valence-electron chi connectivity index (χ2n) is 7.98. The van der Waals surface area contributed by atoms with Gasteiger partial charge in [0.2, 0.25) is 5.91 Å². The molecule has 1 N–H and O–H groups in total.